The van der Waals surface area contributed by atoms with Gasteiger partial charge < -0.3 is 19.5 Å². The topological polar surface area (TPSA) is 111 Å². The standard InChI is InChI=1S/C16H16N2O7/c1-23-10-6-4-9(5-7-10)8-18-13(19)12(17-16(18)22)11(14(20)24-2)15(21)25-3/h4-7H,8H2,1-3H3,(H,17,22). The van der Waals surface area contributed by atoms with Gasteiger partial charge in [-0.3, -0.25) is 9.69 Å². The van der Waals surface area contributed by atoms with Gasteiger partial charge in [0.15, 0.2) is 5.57 Å². The number of methoxy groups -OCH3 is 3. The van der Waals surface area contributed by atoms with Crippen LogP contribution in [0.3, 0.4) is 0 Å². The van der Waals surface area contributed by atoms with Crippen molar-refractivity contribution in [2.75, 3.05) is 21.3 Å². The number of nitrogens with zero attached hydrogens (tertiary/aromatic N) is 1. The summed E-state index contributed by atoms with van der Waals surface area (Å²) in [7, 11) is 3.61. The Morgan fingerprint density at radius 3 is 2.04 bits per heavy atom. The zero-order chi connectivity index (χ0) is 18.6. The highest BCUT2D eigenvalue weighted by atomic mass is 16.5. The predicted octanol–water partition coefficient (Wildman–Crippen LogP) is 0.347. The van der Waals surface area contributed by atoms with E-state index < -0.39 is 35.1 Å². The van der Waals surface area contributed by atoms with E-state index in [1.54, 1.807) is 24.3 Å². The van der Waals surface area contributed by atoms with Crippen LogP contribution < -0.4 is 10.1 Å². The van der Waals surface area contributed by atoms with Crippen LogP contribution in [0.5, 0.6) is 5.75 Å². The van der Waals surface area contributed by atoms with Crippen molar-refractivity contribution < 1.29 is 33.4 Å². The number of amides is 3. The molecular weight excluding hydrogens is 332 g/mol. The molecule has 132 valence electrons. The van der Waals surface area contributed by atoms with Crippen molar-refractivity contribution in [3.63, 3.8) is 0 Å². The van der Waals surface area contributed by atoms with E-state index in [2.05, 4.69) is 14.8 Å². The lowest BCUT2D eigenvalue weighted by Crippen LogP contribution is -2.30. The van der Waals surface area contributed by atoms with Crippen LogP contribution in [-0.2, 0) is 30.4 Å². The molecule has 1 aromatic rings. The number of esters is 2. The lowest BCUT2D eigenvalue weighted by atomic mass is 10.2. The number of nitrogens with one attached hydrogen (secondary N) is 1. The highest BCUT2D eigenvalue weighted by Gasteiger charge is 2.40. The Bertz CT molecular complexity index is 734. The van der Waals surface area contributed by atoms with Gasteiger partial charge in [-0.1, -0.05) is 12.1 Å². The van der Waals surface area contributed by atoms with Gasteiger partial charge in [-0.2, -0.15) is 0 Å². The molecule has 1 heterocycles. The van der Waals surface area contributed by atoms with Crippen molar-refractivity contribution >= 4 is 23.9 Å². The Kier molecular flexibility index (Phi) is 5.38. The van der Waals surface area contributed by atoms with Crippen molar-refractivity contribution in [3.8, 4) is 5.75 Å². The first kappa shape index (κ1) is 18.0. The lowest BCUT2D eigenvalue weighted by molar-refractivity contribution is -0.144. The number of carbonyl (C=O) groups excluding carboxylic acids is 4. The second-order valence-corrected chi connectivity index (χ2v) is 4.90. The molecule has 0 bridgehead atoms. The fourth-order valence-corrected chi connectivity index (χ4v) is 2.17. The Hall–Kier alpha value is -3.36. The molecule has 0 aromatic heterocycles. The molecule has 1 fully saturated rings. The Labute approximate surface area is 143 Å². The highest BCUT2D eigenvalue weighted by Crippen LogP contribution is 2.20. The molecular formula is C16H16N2O7. The molecule has 3 amide bonds. The maximum atomic E-state index is 12.5. The molecule has 0 spiro atoms. The van der Waals surface area contributed by atoms with E-state index in [0.29, 0.717) is 11.3 Å². The van der Waals surface area contributed by atoms with Crippen LogP contribution in [0, 0.1) is 0 Å². The molecule has 0 unspecified atom stereocenters. The normalized spacial score (nSPS) is 13.4. The summed E-state index contributed by atoms with van der Waals surface area (Å²) in [6, 6.07) is 5.96. The monoisotopic (exact) mass is 348 g/mol. The van der Waals surface area contributed by atoms with Gasteiger partial charge in [0.05, 0.1) is 27.9 Å². The smallest absolute Gasteiger partial charge is 0.347 e. The Morgan fingerprint density at radius 2 is 1.56 bits per heavy atom. The number of urea groups is 1. The third-order valence-corrected chi connectivity index (χ3v) is 3.46. The number of imide groups is 1. The van der Waals surface area contributed by atoms with Gasteiger partial charge >= 0.3 is 18.0 Å². The van der Waals surface area contributed by atoms with Crippen LogP contribution >= 0.6 is 0 Å². The van der Waals surface area contributed by atoms with Crippen molar-refractivity contribution in [1.29, 1.82) is 0 Å². The minimum Gasteiger partial charge on any atom is -0.497 e. The first-order valence-corrected chi connectivity index (χ1v) is 7.09. The molecule has 1 aliphatic heterocycles. The van der Waals surface area contributed by atoms with Gasteiger partial charge in [-0.25, -0.2) is 14.4 Å². The molecule has 1 aromatic carbocycles. The van der Waals surface area contributed by atoms with Crippen LogP contribution in [-0.4, -0.2) is 50.1 Å². The predicted molar refractivity (Wildman–Crippen MR) is 83.1 cm³/mol. The van der Waals surface area contributed by atoms with Crippen LogP contribution in [0.15, 0.2) is 35.5 Å². The third kappa shape index (κ3) is 3.60. The summed E-state index contributed by atoms with van der Waals surface area (Å²) >= 11 is 0. The van der Waals surface area contributed by atoms with Crippen molar-refractivity contribution in [2.45, 2.75) is 6.54 Å². The van der Waals surface area contributed by atoms with E-state index >= 15 is 0 Å². The molecule has 0 radical (unpaired) electrons. The minimum absolute atomic E-state index is 0.0478. The zero-order valence-corrected chi connectivity index (χ0v) is 13.8. The Morgan fingerprint density at radius 1 is 1.00 bits per heavy atom. The summed E-state index contributed by atoms with van der Waals surface area (Å²) in [4.78, 5) is 49.0. The molecule has 25 heavy (non-hydrogen) atoms. The average Bonchev–Trinajstić information content (AvgIpc) is 2.90. The van der Waals surface area contributed by atoms with Crippen molar-refractivity contribution in [1.82, 2.24) is 10.2 Å². The summed E-state index contributed by atoms with van der Waals surface area (Å²) < 4.78 is 14.0. The summed E-state index contributed by atoms with van der Waals surface area (Å²) in [6.07, 6.45) is 0. The zero-order valence-electron chi connectivity index (χ0n) is 13.8. The number of hydrogen-bond donors (Lipinski definition) is 1. The summed E-state index contributed by atoms with van der Waals surface area (Å²) in [6.45, 7) is -0.0478. The van der Waals surface area contributed by atoms with Gasteiger partial charge in [0, 0.05) is 0 Å². The van der Waals surface area contributed by atoms with Gasteiger partial charge in [0.25, 0.3) is 5.91 Å². The molecule has 0 saturated carbocycles. The number of carbonyl (C=O) groups is 4. The summed E-state index contributed by atoms with van der Waals surface area (Å²) in [5.74, 6) is -2.37. The largest absolute Gasteiger partial charge is 0.497 e. The maximum absolute atomic E-state index is 12.5. The van der Waals surface area contributed by atoms with E-state index in [4.69, 9.17) is 4.74 Å². The molecule has 0 atom stereocenters. The van der Waals surface area contributed by atoms with Crippen molar-refractivity contribution in [3.05, 3.63) is 41.1 Å². The van der Waals surface area contributed by atoms with E-state index in [-0.39, 0.29) is 6.54 Å². The second-order valence-electron chi connectivity index (χ2n) is 4.90. The molecule has 9 nitrogen and oxygen atoms in total. The van der Waals surface area contributed by atoms with Crippen LogP contribution in [0.2, 0.25) is 0 Å². The molecule has 9 heteroatoms. The molecule has 0 aliphatic carbocycles. The van der Waals surface area contributed by atoms with Gasteiger partial charge in [0.1, 0.15) is 11.4 Å². The van der Waals surface area contributed by atoms with E-state index in [9.17, 15) is 19.2 Å². The van der Waals surface area contributed by atoms with Gasteiger partial charge in [-0.15, -0.1) is 0 Å². The fourth-order valence-electron chi connectivity index (χ4n) is 2.17. The van der Waals surface area contributed by atoms with Crippen LogP contribution in [0.25, 0.3) is 0 Å². The first-order valence-electron chi connectivity index (χ1n) is 7.09. The second kappa shape index (κ2) is 7.47. The molecule has 1 N–H and O–H groups in total. The van der Waals surface area contributed by atoms with Gasteiger partial charge in [-0.05, 0) is 17.7 Å². The van der Waals surface area contributed by atoms with E-state index in [1.165, 1.54) is 7.11 Å². The molecule has 1 aliphatic rings. The molecule has 1 saturated heterocycles. The number of ether oxygens (including phenoxy) is 3. The average molecular weight is 348 g/mol. The van der Waals surface area contributed by atoms with Crippen molar-refractivity contribution in [2.24, 2.45) is 0 Å². The van der Waals surface area contributed by atoms with E-state index in [1.807, 2.05) is 0 Å². The van der Waals surface area contributed by atoms with Crippen LogP contribution in [0.4, 0.5) is 4.79 Å². The third-order valence-electron chi connectivity index (χ3n) is 3.46. The van der Waals surface area contributed by atoms with Crippen LogP contribution in [0.1, 0.15) is 5.56 Å². The SMILES string of the molecule is COC(=O)C(C(=O)OC)=C1NC(=O)N(Cc2ccc(OC)cc2)C1=O. The number of hydrogen-bond acceptors (Lipinski definition) is 7. The number of benzene rings is 1. The minimum atomic E-state index is -1.08. The fraction of sp³-hybridized carbons (Fsp3) is 0.250. The maximum Gasteiger partial charge on any atom is 0.347 e. The Balaban J connectivity index is 2.32. The highest BCUT2D eigenvalue weighted by molar-refractivity contribution is 6.23. The lowest BCUT2D eigenvalue weighted by Gasteiger charge is -2.12. The quantitative estimate of drug-likeness (QED) is 0.269. The number of rotatable bonds is 5. The summed E-state index contributed by atoms with van der Waals surface area (Å²) in [5, 5.41) is 2.22. The van der Waals surface area contributed by atoms with Gasteiger partial charge in [0.2, 0.25) is 0 Å². The first-order chi connectivity index (χ1) is 11.9. The molecule has 2 rings (SSSR count). The summed E-state index contributed by atoms with van der Waals surface area (Å²) in [5.41, 5.74) is -0.485. The van der Waals surface area contributed by atoms with E-state index in [0.717, 1.165) is 19.1 Å².